The number of aromatic nitrogens is 2. The molecular formula is C12H8N2O3. The first-order valence-corrected chi connectivity index (χ1v) is 4.84. The third-order valence-corrected chi connectivity index (χ3v) is 2.17. The minimum Gasteiger partial charge on any atom is -0.476 e. The summed E-state index contributed by atoms with van der Waals surface area (Å²) < 4.78 is 0. The molecule has 0 bridgehead atoms. The molecule has 1 heterocycles. The van der Waals surface area contributed by atoms with Gasteiger partial charge >= 0.3 is 5.97 Å². The van der Waals surface area contributed by atoms with E-state index in [9.17, 15) is 9.59 Å². The number of rotatable bonds is 3. The van der Waals surface area contributed by atoms with E-state index in [-0.39, 0.29) is 17.0 Å². The molecule has 5 nitrogen and oxygen atoms in total. The summed E-state index contributed by atoms with van der Waals surface area (Å²) in [7, 11) is 0. The summed E-state index contributed by atoms with van der Waals surface area (Å²) in [4.78, 5) is 22.7. The number of nitrogens with zero attached hydrogens (tertiary/aromatic N) is 2. The second-order valence-electron chi connectivity index (χ2n) is 3.33. The van der Waals surface area contributed by atoms with Crippen LogP contribution in [0.5, 0.6) is 0 Å². The smallest absolute Gasteiger partial charge is 0.356 e. The number of carbonyl (C=O) groups is 2. The maximum Gasteiger partial charge on any atom is 0.356 e. The van der Waals surface area contributed by atoms with Crippen LogP contribution < -0.4 is 0 Å². The quantitative estimate of drug-likeness (QED) is 0.803. The second kappa shape index (κ2) is 4.52. The van der Waals surface area contributed by atoms with Gasteiger partial charge in [-0.1, -0.05) is 30.3 Å². The molecule has 84 valence electrons. The van der Waals surface area contributed by atoms with Crippen molar-refractivity contribution < 1.29 is 14.7 Å². The topological polar surface area (TPSA) is 80.2 Å². The lowest BCUT2D eigenvalue weighted by Crippen LogP contribution is -2.07. The van der Waals surface area contributed by atoms with E-state index in [1.54, 1.807) is 30.3 Å². The summed E-state index contributed by atoms with van der Waals surface area (Å²) in [6, 6.07) is 9.79. The van der Waals surface area contributed by atoms with Crippen LogP contribution in [-0.4, -0.2) is 27.1 Å². The van der Waals surface area contributed by atoms with Crippen LogP contribution in [0.1, 0.15) is 26.4 Å². The van der Waals surface area contributed by atoms with Crippen LogP contribution >= 0.6 is 0 Å². The summed E-state index contributed by atoms with van der Waals surface area (Å²) in [5, 5.41) is 15.7. The number of hydrogen-bond acceptors (Lipinski definition) is 4. The molecule has 0 unspecified atom stereocenters. The van der Waals surface area contributed by atoms with Crippen LogP contribution in [0.3, 0.4) is 0 Å². The summed E-state index contributed by atoms with van der Waals surface area (Å²) >= 11 is 0. The standard InChI is InChI=1S/C12H8N2O3/c15-11(8-4-2-1-3-5-8)9-6-10(12(16)17)14-13-7-9/h1-7H,(H,16,17). The average molecular weight is 228 g/mol. The van der Waals surface area contributed by atoms with Gasteiger partial charge in [0.2, 0.25) is 0 Å². The Balaban J connectivity index is 2.38. The van der Waals surface area contributed by atoms with Gasteiger partial charge in [-0.15, -0.1) is 5.10 Å². The minimum atomic E-state index is -1.21. The van der Waals surface area contributed by atoms with E-state index in [0.29, 0.717) is 5.56 Å². The van der Waals surface area contributed by atoms with Crippen molar-refractivity contribution in [2.45, 2.75) is 0 Å². The number of ketones is 1. The zero-order chi connectivity index (χ0) is 12.3. The van der Waals surface area contributed by atoms with Gasteiger partial charge in [0.1, 0.15) is 0 Å². The van der Waals surface area contributed by atoms with Gasteiger partial charge in [-0.3, -0.25) is 4.79 Å². The number of carboxylic acid groups (broad SMARTS) is 1. The fourth-order valence-corrected chi connectivity index (χ4v) is 1.35. The Morgan fingerprint density at radius 3 is 2.41 bits per heavy atom. The van der Waals surface area contributed by atoms with Crippen molar-refractivity contribution in [1.29, 1.82) is 0 Å². The minimum absolute atomic E-state index is 0.212. The largest absolute Gasteiger partial charge is 0.476 e. The lowest BCUT2D eigenvalue weighted by atomic mass is 10.1. The second-order valence-corrected chi connectivity index (χ2v) is 3.33. The Labute approximate surface area is 96.7 Å². The normalized spacial score (nSPS) is 9.88. The monoisotopic (exact) mass is 228 g/mol. The molecule has 17 heavy (non-hydrogen) atoms. The SMILES string of the molecule is O=C(c1ccccc1)c1cnnc(C(=O)O)c1. The Hall–Kier alpha value is -2.56. The van der Waals surface area contributed by atoms with E-state index in [2.05, 4.69) is 10.2 Å². The molecule has 0 aliphatic rings. The van der Waals surface area contributed by atoms with Gasteiger partial charge in [-0.25, -0.2) is 4.79 Å². The van der Waals surface area contributed by atoms with Gasteiger partial charge in [0.15, 0.2) is 11.5 Å². The lowest BCUT2D eigenvalue weighted by molar-refractivity contribution is 0.0689. The first kappa shape index (κ1) is 10.9. The van der Waals surface area contributed by atoms with Crippen LogP contribution in [0.15, 0.2) is 42.6 Å². The molecule has 0 atom stereocenters. The van der Waals surface area contributed by atoms with Gasteiger partial charge in [0, 0.05) is 11.1 Å². The summed E-state index contributed by atoms with van der Waals surface area (Å²) in [5.74, 6) is -1.48. The Morgan fingerprint density at radius 1 is 1.06 bits per heavy atom. The van der Waals surface area contributed by atoms with Crippen molar-refractivity contribution in [1.82, 2.24) is 10.2 Å². The predicted molar refractivity (Wildman–Crippen MR) is 58.9 cm³/mol. The van der Waals surface area contributed by atoms with Crippen molar-refractivity contribution >= 4 is 11.8 Å². The summed E-state index contributed by atoms with van der Waals surface area (Å²) in [6.07, 6.45) is 1.25. The van der Waals surface area contributed by atoms with E-state index in [1.165, 1.54) is 12.3 Å². The van der Waals surface area contributed by atoms with Gasteiger partial charge in [0.25, 0.3) is 0 Å². The number of aromatic carboxylic acids is 1. The van der Waals surface area contributed by atoms with Crippen LogP contribution in [0.2, 0.25) is 0 Å². The molecule has 0 radical (unpaired) electrons. The molecule has 1 N–H and O–H groups in total. The maximum absolute atomic E-state index is 12.0. The molecule has 2 rings (SSSR count). The molecular weight excluding hydrogens is 220 g/mol. The van der Waals surface area contributed by atoms with Gasteiger partial charge in [-0.05, 0) is 6.07 Å². The van der Waals surface area contributed by atoms with Crippen LogP contribution in [0.25, 0.3) is 0 Å². The summed E-state index contributed by atoms with van der Waals surface area (Å²) in [6.45, 7) is 0. The third kappa shape index (κ3) is 2.34. The molecule has 0 aliphatic heterocycles. The zero-order valence-corrected chi connectivity index (χ0v) is 8.70. The highest BCUT2D eigenvalue weighted by Crippen LogP contribution is 2.09. The van der Waals surface area contributed by atoms with Gasteiger partial charge < -0.3 is 5.11 Å². The van der Waals surface area contributed by atoms with E-state index in [0.717, 1.165) is 0 Å². The number of carbonyl (C=O) groups excluding carboxylic acids is 1. The summed E-state index contributed by atoms with van der Waals surface area (Å²) in [5.41, 5.74) is 0.451. The van der Waals surface area contributed by atoms with Gasteiger partial charge in [-0.2, -0.15) is 5.10 Å². The molecule has 1 aromatic heterocycles. The Morgan fingerprint density at radius 2 is 1.76 bits per heavy atom. The van der Waals surface area contributed by atoms with E-state index < -0.39 is 5.97 Å². The first-order chi connectivity index (χ1) is 8.18. The van der Waals surface area contributed by atoms with Crippen molar-refractivity contribution in [3.8, 4) is 0 Å². The third-order valence-electron chi connectivity index (χ3n) is 2.17. The van der Waals surface area contributed by atoms with Crippen molar-refractivity contribution in [3.63, 3.8) is 0 Å². The first-order valence-electron chi connectivity index (χ1n) is 4.84. The zero-order valence-electron chi connectivity index (χ0n) is 8.70. The molecule has 0 fully saturated rings. The molecule has 0 saturated carbocycles. The van der Waals surface area contributed by atoms with E-state index in [4.69, 9.17) is 5.11 Å². The molecule has 0 aliphatic carbocycles. The lowest BCUT2D eigenvalue weighted by Gasteiger charge is -2.00. The number of benzene rings is 1. The Bertz CT molecular complexity index is 567. The highest BCUT2D eigenvalue weighted by Gasteiger charge is 2.12. The van der Waals surface area contributed by atoms with Gasteiger partial charge in [0.05, 0.1) is 6.20 Å². The molecule has 0 amide bonds. The van der Waals surface area contributed by atoms with E-state index in [1.807, 2.05) is 0 Å². The average Bonchev–Trinajstić information content (AvgIpc) is 2.39. The fraction of sp³-hybridized carbons (Fsp3) is 0. The molecule has 5 heteroatoms. The molecule has 0 spiro atoms. The van der Waals surface area contributed by atoms with Crippen LogP contribution in [0.4, 0.5) is 0 Å². The number of hydrogen-bond donors (Lipinski definition) is 1. The molecule has 1 aromatic carbocycles. The molecule has 2 aromatic rings. The predicted octanol–water partition coefficient (Wildman–Crippen LogP) is 1.41. The van der Waals surface area contributed by atoms with Crippen molar-refractivity contribution in [2.24, 2.45) is 0 Å². The Kier molecular flexibility index (Phi) is 2.91. The fourth-order valence-electron chi connectivity index (χ4n) is 1.35. The number of carboxylic acids is 1. The van der Waals surface area contributed by atoms with Crippen LogP contribution in [-0.2, 0) is 0 Å². The highest BCUT2D eigenvalue weighted by atomic mass is 16.4. The van der Waals surface area contributed by atoms with Crippen molar-refractivity contribution in [2.75, 3.05) is 0 Å². The highest BCUT2D eigenvalue weighted by molar-refractivity contribution is 6.09. The van der Waals surface area contributed by atoms with Crippen LogP contribution in [0, 0.1) is 0 Å². The van der Waals surface area contributed by atoms with Crippen molar-refractivity contribution in [3.05, 3.63) is 59.4 Å². The van der Waals surface area contributed by atoms with E-state index >= 15 is 0 Å². The maximum atomic E-state index is 12.0. The molecule has 0 saturated heterocycles.